The van der Waals surface area contributed by atoms with Gasteiger partial charge in [0.05, 0.1) is 12.7 Å². The Labute approximate surface area is 68.3 Å². The van der Waals surface area contributed by atoms with Gasteiger partial charge < -0.3 is 10.1 Å². The van der Waals surface area contributed by atoms with Gasteiger partial charge in [0.2, 0.25) is 0 Å². The summed E-state index contributed by atoms with van der Waals surface area (Å²) in [5.74, 6) is 2.38. The molecule has 0 unspecified atom stereocenters. The molecule has 2 fully saturated rings. The van der Waals surface area contributed by atoms with Crippen molar-refractivity contribution in [1.29, 1.82) is 0 Å². The summed E-state index contributed by atoms with van der Waals surface area (Å²) >= 11 is 0. The van der Waals surface area contributed by atoms with E-state index in [0.717, 1.165) is 30.9 Å². The number of nitrogens with one attached hydrogen (secondary N) is 1. The Morgan fingerprint density at radius 3 is 2.91 bits per heavy atom. The van der Waals surface area contributed by atoms with Crippen LogP contribution in [0.4, 0.5) is 0 Å². The number of hydrogen-bond donors (Lipinski definition) is 1. The fourth-order valence-electron chi connectivity index (χ4n) is 2.33. The highest BCUT2D eigenvalue weighted by atomic mass is 16.5. The predicted octanol–water partition coefficient (Wildman–Crippen LogP) is 0.877. The van der Waals surface area contributed by atoms with Crippen molar-refractivity contribution in [3.63, 3.8) is 0 Å². The van der Waals surface area contributed by atoms with Gasteiger partial charge in [0, 0.05) is 19.0 Å². The third-order valence-electron chi connectivity index (χ3n) is 3.11. The van der Waals surface area contributed by atoms with Crippen LogP contribution in [0.2, 0.25) is 0 Å². The Hall–Kier alpha value is -0.0800. The van der Waals surface area contributed by atoms with Gasteiger partial charge in [-0.2, -0.15) is 0 Å². The molecule has 2 heterocycles. The Kier molecular flexibility index (Phi) is 1.90. The van der Waals surface area contributed by atoms with Crippen LogP contribution >= 0.6 is 0 Å². The molecular formula is C9H17NO. The first-order valence-electron chi connectivity index (χ1n) is 4.61. The summed E-state index contributed by atoms with van der Waals surface area (Å²) in [5.41, 5.74) is 0. The molecule has 2 saturated heterocycles. The van der Waals surface area contributed by atoms with E-state index in [-0.39, 0.29) is 0 Å². The normalized spacial score (nSPS) is 43.4. The molecule has 0 saturated carbocycles. The lowest BCUT2D eigenvalue weighted by Gasteiger charge is -2.18. The van der Waals surface area contributed by atoms with Crippen LogP contribution in [-0.4, -0.2) is 25.8 Å². The van der Waals surface area contributed by atoms with Crippen molar-refractivity contribution in [3.05, 3.63) is 0 Å². The van der Waals surface area contributed by atoms with Crippen molar-refractivity contribution in [2.24, 2.45) is 17.8 Å². The van der Waals surface area contributed by atoms with E-state index in [4.69, 9.17) is 4.74 Å². The van der Waals surface area contributed by atoms with Gasteiger partial charge in [-0.05, 0) is 11.8 Å². The number of rotatable bonds is 1. The number of fused-ring (bicyclic) bond motifs is 1. The Balaban J connectivity index is 2.03. The minimum atomic E-state index is 0.530. The van der Waals surface area contributed by atoms with Crippen molar-refractivity contribution in [2.75, 3.05) is 19.7 Å². The van der Waals surface area contributed by atoms with Crippen LogP contribution in [0.3, 0.4) is 0 Å². The largest absolute Gasteiger partial charge is 0.376 e. The molecule has 2 rings (SSSR count). The molecular weight excluding hydrogens is 138 g/mol. The maximum atomic E-state index is 5.69. The summed E-state index contributed by atoms with van der Waals surface area (Å²) in [7, 11) is 0. The third-order valence-corrected chi connectivity index (χ3v) is 3.11. The molecule has 0 aromatic rings. The van der Waals surface area contributed by atoms with E-state index in [1.807, 2.05) is 0 Å². The van der Waals surface area contributed by atoms with Crippen molar-refractivity contribution in [3.8, 4) is 0 Å². The van der Waals surface area contributed by atoms with Crippen LogP contribution in [-0.2, 0) is 4.74 Å². The molecule has 0 aliphatic carbocycles. The van der Waals surface area contributed by atoms with Crippen LogP contribution in [0.25, 0.3) is 0 Å². The van der Waals surface area contributed by atoms with Gasteiger partial charge in [0.1, 0.15) is 0 Å². The fourth-order valence-corrected chi connectivity index (χ4v) is 2.33. The molecule has 2 aliphatic heterocycles. The van der Waals surface area contributed by atoms with Gasteiger partial charge in [-0.1, -0.05) is 13.8 Å². The molecule has 0 radical (unpaired) electrons. The second kappa shape index (κ2) is 2.76. The highest BCUT2D eigenvalue weighted by Crippen LogP contribution is 2.34. The van der Waals surface area contributed by atoms with Gasteiger partial charge >= 0.3 is 0 Å². The molecule has 0 spiro atoms. The van der Waals surface area contributed by atoms with Crippen molar-refractivity contribution >= 4 is 0 Å². The van der Waals surface area contributed by atoms with E-state index >= 15 is 0 Å². The van der Waals surface area contributed by atoms with E-state index in [9.17, 15) is 0 Å². The molecule has 2 heteroatoms. The summed E-state index contributed by atoms with van der Waals surface area (Å²) in [4.78, 5) is 0. The third kappa shape index (κ3) is 1.18. The lowest BCUT2D eigenvalue weighted by Crippen LogP contribution is -2.22. The second-order valence-corrected chi connectivity index (χ2v) is 4.10. The lowest BCUT2D eigenvalue weighted by molar-refractivity contribution is 0.107. The van der Waals surface area contributed by atoms with Gasteiger partial charge in [-0.25, -0.2) is 0 Å². The highest BCUT2D eigenvalue weighted by molar-refractivity contribution is 4.92. The molecule has 0 amide bonds. The van der Waals surface area contributed by atoms with Crippen LogP contribution in [0, 0.1) is 17.8 Å². The van der Waals surface area contributed by atoms with E-state index in [1.165, 1.54) is 6.54 Å². The monoisotopic (exact) mass is 155 g/mol. The predicted molar refractivity (Wildman–Crippen MR) is 44.4 cm³/mol. The SMILES string of the molecule is CC(C)[C@@H]1CO[C@@H]2CNC[C@@H]21. The second-order valence-electron chi connectivity index (χ2n) is 4.10. The summed E-state index contributed by atoms with van der Waals surface area (Å²) < 4.78 is 5.69. The Morgan fingerprint density at radius 2 is 2.18 bits per heavy atom. The smallest absolute Gasteiger partial charge is 0.0743 e. The average molecular weight is 155 g/mol. The molecule has 11 heavy (non-hydrogen) atoms. The Bertz CT molecular complexity index is 146. The Morgan fingerprint density at radius 1 is 1.36 bits per heavy atom. The summed E-state index contributed by atoms with van der Waals surface area (Å²) in [5, 5.41) is 3.38. The molecule has 2 nitrogen and oxygen atoms in total. The zero-order valence-corrected chi connectivity index (χ0v) is 7.34. The maximum absolute atomic E-state index is 5.69. The van der Waals surface area contributed by atoms with Crippen molar-refractivity contribution in [2.45, 2.75) is 20.0 Å². The quantitative estimate of drug-likeness (QED) is 0.607. The van der Waals surface area contributed by atoms with E-state index in [2.05, 4.69) is 19.2 Å². The fraction of sp³-hybridized carbons (Fsp3) is 1.00. The van der Waals surface area contributed by atoms with Crippen molar-refractivity contribution < 1.29 is 4.74 Å². The summed E-state index contributed by atoms with van der Waals surface area (Å²) in [6.45, 7) is 7.85. The lowest BCUT2D eigenvalue weighted by atomic mass is 9.84. The van der Waals surface area contributed by atoms with E-state index in [1.54, 1.807) is 0 Å². The molecule has 3 atom stereocenters. The summed E-state index contributed by atoms with van der Waals surface area (Å²) in [6.07, 6.45) is 0.530. The molecule has 2 aliphatic rings. The van der Waals surface area contributed by atoms with Crippen LogP contribution in [0.15, 0.2) is 0 Å². The van der Waals surface area contributed by atoms with Gasteiger partial charge in [0.25, 0.3) is 0 Å². The van der Waals surface area contributed by atoms with Crippen LogP contribution < -0.4 is 5.32 Å². The average Bonchev–Trinajstić information content (AvgIpc) is 2.41. The zero-order valence-electron chi connectivity index (χ0n) is 7.34. The highest BCUT2D eigenvalue weighted by Gasteiger charge is 2.41. The first-order valence-corrected chi connectivity index (χ1v) is 4.61. The van der Waals surface area contributed by atoms with Gasteiger partial charge in [0.15, 0.2) is 0 Å². The molecule has 0 bridgehead atoms. The standard InChI is InChI=1S/C9H17NO/c1-6(2)8-5-11-9-4-10-3-7(8)9/h6-10H,3-5H2,1-2H3/t7-,8+,9-/m1/s1. The van der Waals surface area contributed by atoms with Gasteiger partial charge in [-0.3, -0.25) is 0 Å². The van der Waals surface area contributed by atoms with Gasteiger partial charge in [-0.15, -0.1) is 0 Å². The van der Waals surface area contributed by atoms with Crippen molar-refractivity contribution in [1.82, 2.24) is 5.32 Å². The minimum Gasteiger partial charge on any atom is -0.376 e. The topological polar surface area (TPSA) is 21.3 Å². The molecule has 0 aromatic carbocycles. The first-order chi connectivity index (χ1) is 5.29. The summed E-state index contributed by atoms with van der Waals surface area (Å²) in [6, 6.07) is 0. The van der Waals surface area contributed by atoms with Crippen LogP contribution in [0.1, 0.15) is 13.8 Å². The van der Waals surface area contributed by atoms with Crippen LogP contribution in [0.5, 0.6) is 0 Å². The molecule has 0 aromatic heterocycles. The van der Waals surface area contributed by atoms with E-state index < -0.39 is 0 Å². The van der Waals surface area contributed by atoms with E-state index in [0.29, 0.717) is 6.10 Å². The molecule has 1 N–H and O–H groups in total. The molecule has 64 valence electrons. The number of ether oxygens (including phenoxy) is 1. The first kappa shape index (κ1) is 7.56. The zero-order chi connectivity index (χ0) is 7.84. The minimum absolute atomic E-state index is 0.530. The maximum Gasteiger partial charge on any atom is 0.0743 e. The number of hydrogen-bond acceptors (Lipinski definition) is 2.